The molecule has 6 heteroatoms. The van der Waals surface area contributed by atoms with E-state index in [1.807, 2.05) is 13.8 Å². The van der Waals surface area contributed by atoms with E-state index in [2.05, 4.69) is 9.80 Å². The van der Waals surface area contributed by atoms with E-state index in [0.717, 1.165) is 45.7 Å². The maximum Gasteiger partial charge on any atom is 0.307 e. The molecular formula is C15H28N2O4. The Morgan fingerprint density at radius 2 is 1.29 bits per heavy atom. The maximum atomic E-state index is 11.4. The largest absolute Gasteiger partial charge is 0.466 e. The number of esters is 2. The minimum absolute atomic E-state index is 0.126. The van der Waals surface area contributed by atoms with Gasteiger partial charge in [0.05, 0.1) is 32.7 Å². The lowest BCUT2D eigenvalue weighted by molar-refractivity contribution is -0.144. The molecule has 0 bridgehead atoms. The van der Waals surface area contributed by atoms with E-state index >= 15 is 0 Å². The second kappa shape index (κ2) is 10.6. The normalized spacial score (nSPS) is 16.1. The topological polar surface area (TPSA) is 59.1 Å². The molecule has 0 atom stereocenters. The molecule has 1 aliphatic rings. The summed E-state index contributed by atoms with van der Waals surface area (Å²) in [6.45, 7) is 9.10. The van der Waals surface area contributed by atoms with Crippen LogP contribution in [0.5, 0.6) is 0 Å². The fourth-order valence-corrected chi connectivity index (χ4v) is 2.15. The Balaban J connectivity index is 2.09. The van der Waals surface area contributed by atoms with Gasteiger partial charge in [0.1, 0.15) is 0 Å². The fraction of sp³-hybridized carbons (Fsp3) is 0.867. The first-order valence-electron chi connectivity index (χ1n) is 7.91. The van der Waals surface area contributed by atoms with Crippen LogP contribution in [0.1, 0.15) is 39.5 Å². The molecule has 21 heavy (non-hydrogen) atoms. The van der Waals surface area contributed by atoms with E-state index in [9.17, 15) is 9.59 Å². The van der Waals surface area contributed by atoms with E-state index in [-0.39, 0.29) is 11.9 Å². The average Bonchev–Trinajstić information content (AvgIpc) is 2.94. The molecule has 0 spiro atoms. The van der Waals surface area contributed by atoms with E-state index in [1.165, 1.54) is 0 Å². The number of hydrogen-bond donors (Lipinski definition) is 0. The quantitative estimate of drug-likeness (QED) is 0.566. The number of carbonyl (C=O) groups excluding carboxylic acids is 2. The molecule has 122 valence electrons. The highest BCUT2D eigenvalue weighted by Crippen LogP contribution is 2.07. The molecule has 1 fully saturated rings. The average molecular weight is 300 g/mol. The lowest BCUT2D eigenvalue weighted by Gasteiger charge is -2.17. The van der Waals surface area contributed by atoms with Crippen LogP contribution in [0.25, 0.3) is 0 Å². The minimum Gasteiger partial charge on any atom is -0.466 e. The molecule has 0 aromatic heterocycles. The van der Waals surface area contributed by atoms with Crippen molar-refractivity contribution in [2.75, 3.05) is 46.1 Å². The summed E-state index contributed by atoms with van der Waals surface area (Å²) in [6, 6.07) is 0. The Kier molecular flexibility index (Phi) is 9.01. The Labute approximate surface area is 127 Å². The SMILES string of the molecule is CCCOC(=O)CCN1CCN(CCC(=O)OCCC)C1. The van der Waals surface area contributed by atoms with E-state index in [1.54, 1.807) is 0 Å². The zero-order valence-electron chi connectivity index (χ0n) is 13.3. The summed E-state index contributed by atoms with van der Waals surface area (Å²) < 4.78 is 10.1. The molecule has 1 aliphatic heterocycles. The second-order valence-electron chi connectivity index (χ2n) is 5.32. The van der Waals surface area contributed by atoms with Gasteiger partial charge in [0.2, 0.25) is 0 Å². The summed E-state index contributed by atoms with van der Waals surface area (Å²) >= 11 is 0. The molecule has 0 amide bonds. The Hall–Kier alpha value is -1.14. The van der Waals surface area contributed by atoms with Crippen molar-refractivity contribution in [1.29, 1.82) is 0 Å². The van der Waals surface area contributed by atoms with Crippen molar-refractivity contribution in [2.45, 2.75) is 39.5 Å². The molecule has 1 saturated heterocycles. The van der Waals surface area contributed by atoms with Gasteiger partial charge in [-0.15, -0.1) is 0 Å². The summed E-state index contributed by atoms with van der Waals surface area (Å²) in [6.07, 6.45) is 2.59. The van der Waals surface area contributed by atoms with Crippen molar-refractivity contribution >= 4 is 11.9 Å². The predicted octanol–water partition coefficient (Wildman–Crippen LogP) is 1.25. The molecule has 0 aromatic carbocycles. The van der Waals surface area contributed by atoms with Gasteiger partial charge in [-0.1, -0.05) is 13.8 Å². The lowest BCUT2D eigenvalue weighted by atomic mass is 10.4. The number of rotatable bonds is 10. The summed E-state index contributed by atoms with van der Waals surface area (Å²) in [5, 5.41) is 0. The highest BCUT2D eigenvalue weighted by atomic mass is 16.5. The van der Waals surface area contributed by atoms with Crippen molar-refractivity contribution in [3.63, 3.8) is 0 Å². The monoisotopic (exact) mass is 300 g/mol. The third-order valence-electron chi connectivity index (χ3n) is 3.33. The molecule has 0 aliphatic carbocycles. The van der Waals surface area contributed by atoms with E-state index in [0.29, 0.717) is 26.1 Å². The molecule has 0 unspecified atom stereocenters. The molecule has 0 radical (unpaired) electrons. The van der Waals surface area contributed by atoms with Crippen molar-refractivity contribution in [3.05, 3.63) is 0 Å². The van der Waals surface area contributed by atoms with Crippen LogP contribution in [0.4, 0.5) is 0 Å². The zero-order chi connectivity index (χ0) is 15.5. The van der Waals surface area contributed by atoms with Crippen LogP contribution < -0.4 is 0 Å². The van der Waals surface area contributed by atoms with Crippen molar-refractivity contribution < 1.29 is 19.1 Å². The first-order valence-corrected chi connectivity index (χ1v) is 7.91. The van der Waals surface area contributed by atoms with Crippen molar-refractivity contribution in [2.24, 2.45) is 0 Å². The fourth-order valence-electron chi connectivity index (χ4n) is 2.15. The van der Waals surface area contributed by atoms with E-state index < -0.39 is 0 Å². The number of carbonyl (C=O) groups is 2. The highest BCUT2D eigenvalue weighted by molar-refractivity contribution is 5.69. The van der Waals surface area contributed by atoms with Gasteiger partial charge in [-0.05, 0) is 12.8 Å². The van der Waals surface area contributed by atoms with Crippen LogP contribution in [-0.2, 0) is 19.1 Å². The van der Waals surface area contributed by atoms with Gasteiger partial charge < -0.3 is 9.47 Å². The van der Waals surface area contributed by atoms with Gasteiger partial charge in [0, 0.05) is 26.2 Å². The van der Waals surface area contributed by atoms with Crippen molar-refractivity contribution in [1.82, 2.24) is 9.80 Å². The van der Waals surface area contributed by atoms with Gasteiger partial charge in [-0.25, -0.2) is 0 Å². The Morgan fingerprint density at radius 3 is 1.67 bits per heavy atom. The van der Waals surface area contributed by atoms with Crippen LogP contribution >= 0.6 is 0 Å². The van der Waals surface area contributed by atoms with Gasteiger partial charge in [0.15, 0.2) is 0 Å². The molecule has 0 N–H and O–H groups in total. The van der Waals surface area contributed by atoms with Gasteiger partial charge >= 0.3 is 11.9 Å². The highest BCUT2D eigenvalue weighted by Gasteiger charge is 2.21. The Morgan fingerprint density at radius 1 is 0.857 bits per heavy atom. The maximum absolute atomic E-state index is 11.4. The third kappa shape index (κ3) is 8.02. The van der Waals surface area contributed by atoms with Gasteiger partial charge in [-0.3, -0.25) is 19.4 Å². The van der Waals surface area contributed by atoms with Gasteiger partial charge in [-0.2, -0.15) is 0 Å². The summed E-state index contributed by atoms with van der Waals surface area (Å²) in [5.74, 6) is -0.253. The van der Waals surface area contributed by atoms with Crippen molar-refractivity contribution in [3.8, 4) is 0 Å². The predicted molar refractivity (Wildman–Crippen MR) is 79.7 cm³/mol. The molecule has 0 aromatic rings. The summed E-state index contributed by atoms with van der Waals surface area (Å²) in [7, 11) is 0. The summed E-state index contributed by atoms with van der Waals surface area (Å²) in [4.78, 5) is 27.3. The molecule has 6 nitrogen and oxygen atoms in total. The number of hydrogen-bond acceptors (Lipinski definition) is 6. The lowest BCUT2D eigenvalue weighted by Crippen LogP contribution is -2.29. The second-order valence-corrected chi connectivity index (χ2v) is 5.32. The van der Waals surface area contributed by atoms with E-state index in [4.69, 9.17) is 9.47 Å². The Bertz CT molecular complexity index is 293. The molecule has 0 saturated carbocycles. The van der Waals surface area contributed by atoms with Crippen LogP contribution in [-0.4, -0.2) is 67.8 Å². The summed E-state index contributed by atoms with van der Waals surface area (Å²) in [5.41, 5.74) is 0. The van der Waals surface area contributed by atoms with Crippen LogP contribution in [0, 0.1) is 0 Å². The molecular weight excluding hydrogens is 272 g/mol. The first-order chi connectivity index (χ1) is 10.2. The smallest absolute Gasteiger partial charge is 0.307 e. The van der Waals surface area contributed by atoms with Gasteiger partial charge in [0.25, 0.3) is 0 Å². The molecule has 1 rings (SSSR count). The van der Waals surface area contributed by atoms with Crippen LogP contribution in [0.3, 0.4) is 0 Å². The zero-order valence-corrected chi connectivity index (χ0v) is 13.3. The standard InChI is InChI=1S/C15H28N2O4/c1-3-11-20-14(18)5-7-16-9-10-17(13-16)8-6-15(19)21-12-4-2/h3-13H2,1-2H3. The van der Waals surface area contributed by atoms with Crippen LogP contribution in [0.15, 0.2) is 0 Å². The third-order valence-corrected chi connectivity index (χ3v) is 3.33. The minimum atomic E-state index is -0.126. The number of ether oxygens (including phenoxy) is 2. The first kappa shape index (κ1) is 17.9. The number of nitrogens with zero attached hydrogens (tertiary/aromatic N) is 2. The van der Waals surface area contributed by atoms with Crippen LogP contribution in [0.2, 0.25) is 0 Å². The molecule has 1 heterocycles.